The minimum Gasteiger partial charge on any atom is -0.497 e. The molecule has 174 valence electrons. The van der Waals surface area contributed by atoms with Gasteiger partial charge in [0, 0.05) is 30.6 Å². The number of likely N-dealkylation sites (tertiary alicyclic amines) is 1. The normalized spacial score (nSPS) is 16.1. The van der Waals surface area contributed by atoms with Crippen molar-refractivity contribution in [1.29, 1.82) is 0 Å². The second kappa shape index (κ2) is 9.79. The lowest BCUT2D eigenvalue weighted by atomic mass is 10.2. The molecule has 1 fully saturated rings. The molecule has 1 saturated heterocycles. The third-order valence-corrected chi connectivity index (χ3v) is 7.24. The van der Waals surface area contributed by atoms with Crippen molar-refractivity contribution in [3.63, 3.8) is 0 Å². The molecule has 0 radical (unpaired) electrons. The van der Waals surface area contributed by atoms with Crippen molar-refractivity contribution >= 4 is 27.5 Å². The zero-order valence-electron chi connectivity index (χ0n) is 18.9. The maximum atomic E-state index is 13.0. The van der Waals surface area contributed by atoms with Crippen LogP contribution in [-0.4, -0.2) is 46.6 Å². The minimum absolute atomic E-state index is 0.0350. The van der Waals surface area contributed by atoms with E-state index in [2.05, 4.69) is 27.3 Å². The van der Waals surface area contributed by atoms with Crippen LogP contribution in [0.2, 0.25) is 0 Å². The molecular weight excluding hydrogens is 448 g/mol. The molecule has 0 saturated carbocycles. The first-order valence-corrected chi connectivity index (χ1v) is 12.1. The van der Waals surface area contributed by atoms with Crippen LogP contribution in [0.1, 0.15) is 12.0 Å². The molecule has 1 atom stereocenters. The summed E-state index contributed by atoms with van der Waals surface area (Å²) in [5.74, 6) is 0.614. The summed E-state index contributed by atoms with van der Waals surface area (Å²) in [6, 6.07) is 20.0. The van der Waals surface area contributed by atoms with Crippen LogP contribution in [0.15, 0.2) is 71.8 Å². The number of hydrogen-bond acceptors (Lipinski definition) is 6. The highest BCUT2D eigenvalue weighted by atomic mass is 32.1. The molecule has 2 aromatic heterocycles. The number of carbonyl (C=O) groups is 1. The molecule has 34 heavy (non-hydrogen) atoms. The predicted octanol–water partition coefficient (Wildman–Crippen LogP) is 3.52. The topological polar surface area (TPSA) is 76.5 Å². The summed E-state index contributed by atoms with van der Waals surface area (Å²) in [4.78, 5) is 33.4. The van der Waals surface area contributed by atoms with E-state index in [-0.39, 0.29) is 24.1 Å². The molecule has 8 heteroatoms. The van der Waals surface area contributed by atoms with E-state index in [1.54, 1.807) is 7.11 Å². The second-order valence-corrected chi connectivity index (χ2v) is 9.56. The summed E-state index contributed by atoms with van der Waals surface area (Å²) < 4.78 is 7.16. The maximum Gasteiger partial charge on any atom is 0.271 e. The molecule has 7 nitrogen and oxygen atoms in total. The lowest BCUT2D eigenvalue weighted by Crippen LogP contribution is -2.40. The molecule has 1 aliphatic rings. The number of hydrogen-bond donors (Lipinski definition) is 1. The number of rotatable bonds is 7. The standard InChI is InChI=1S/C26H26N4O3S/c1-33-21-9-7-19(8-10-21)23-13-22-25(34-23)26(32)30(17-27-22)16-24(31)28-20-11-12-29(15-20)14-18-5-3-2-4-6-18/h2-10,13,17,20H,11-12,14-16H2,1H3,(H,28,31). The predicted molar refractivity (Wildman–Crippen MR) is 134 cm³/mol. The van der Waals surface area contributed by atoms with Crippen LogP contribution in [-0.2, 0) is 17.9 Å². The molecule has 0 spiro atoms. The van der Waals surface area contributed by atoms with Gasteiger partial charge in [0.15, 0.2) is 0 Å². The summed E-state index contributed by atoms with van der Waals surface area (Å²) in [7, 11) is 1.63. The quantitative estimate of drug-likeness (QED) is 0.444. The summed E-state index contributed by atoms with van der Waals surface area (Å²) in [6.45, 7) is 2.59. The molecule has 2 aromatic carbocycles. The van der Waals surface area contributed by atoms with Gasteiger partial charge in [0.1, 0.15) is 17.0 Å². The molecule has 5 rings (SSSR count). The molecular formula is C26H26N4O3S. The van der Waals surface area contributed by atoms with Crippen LogP contribution in [0.5, 0.6) is 5.75 Å². The highest BCUT2D eigenvalue weighted by Crippen LogP contribution is 2.31. The monoisotopic (exact) mass is 474 g/mol. The molecule has 1 amide bonds. The van der Waals surface area contributed by atoms with Gasteiger partial charge in [0.2, 0.25) is 5.91 Å². The summed E-state index contributed by atoms with van der Waals surface area (Å²) in [5, 5.41) is 3.08. The number of fused-ring (bicyclic) bond motifs is 1. The van der Waals surface area contributed by atoms with Crippen molar-refractivity contribution in [2.45, 2.75) is 25.6 Å². The first kappa shape index (κ1) is 22.3. The fourth-order valence-corrected chi connectivity index (χ4v) is 5.38. The van der Waals surface area contributed by atoms with Gasteiger partial charge in [-0.15, -0.1) is 11.3 Å². The molecule has 3 heterocycles. The van der Waals surface area contributed by atoms with E-state index in [0.29, 0.717) is 10.2 Å². The van der Waals surface area contributed by atoms with Crippen molar-refractivity contribution in [2.24, 2.45) is 0 Å². The Kier molecular flexibility index (Phi) is 6.42. The van der Waals surface area contributed by atoms with Gasteiger partial charge in [0.05, 0.1) is 19.0 Å². The van der Waals surface area contributed by atoms with Gasteiger partial charge in [-0.05, 0) is 47.9 Å². The number of thiophene rings is 1. The Morgan fingerprint density at radius 2 is 1.97 bits per heavy atom. The SMILES string of the molecule is COc1ccc(-c2cc3ncn(CC(=O)NC4CCN(Cc5ccccc5)C4)c(=O)c3s2)cc1. The number of ether oxygens (including phenoxy) is 1. The lowest BCUT2D eigenvalue weighted by Gasteiger charge is -2.17. The zero-order chi connectivity index (χ0) is 23.5. The van der Waals surface area contributed by atoms with Crippen LogP contribution in [0.25, 0.3) is 20.7 Å². The Hall–Kier alpha value is -3.49. The molecule has 1 unspecified atom stereocenters. The second-order valence-electron chi connectivity index (χ2n) is 8.50. The number of aromatic nitrogens is 2. The van der Waals surface area contributed by atoms with Crippen LogP contribution < -0.4 is 15.6 Å². The first-order chi connectivity index (χ1) is 16.6. The minimum atomic E-state index is -0.193. The molecule has 0 bridgehead atoms. The number of nitrogens with zero attached hydrogens (tertiary/aromatic N) is 3. The average molecular weight is 475 g/mol. The van der Waals surface area contributed by atoms with E-state index in [0.717, 1.165) is 42.2 Å². The van der Waals surface area contributed by atoms with Crippen LogP contribution in [0.4, 0.5) is 0 Å². The molecule has 4 aromatic rings. The maximum absolute atomic E-state index is 13.0. The van der Waals surface area contributed by atoms with Gasteiger partial charge in [-0.2, -0.15) is 0 Å². The van der Waals surface area contributed by atoms with Crippen LogP contribution in [0.3, 0.4) is 0 Å². The van der Waals surface area contributed by atoms with E-state index in [1.807, 2.05) is 48.5 Å². The number of nitrogens with one attached hydrogen (secondary N) is 1. The van der Waals surface area contributed by atoms with Crippen molar-refractivity contribution < 1.29 is 9.53 Å². The fraction of sp³-hybridized carbons (Fsp3) is 0.269. The molecule has 1 aliphatic heterocycles. The first-order valence-electron chi connectivity index (χ1n) is 11.3. The summed E-state index contributed by atoms with van der Waals surface area (Å²) in [6.07, 6.45) is 2.37. The summed E-state index contributed by atoms with van der Waals surface area (Å²) >= 11 is 1.39. The third-order valence-electron chi connectivity index (χ3n) is 6.08. The van der Waals surface area contributed by atoms with Crippen molar-refractivity contribution in [3.8, 4) is 16.2 Å². The van der Waals surface area contributed by atoms with Crippen molar-refractivity contribution in [1.82, 2.24) is 19.8 Å². The van der Waals surface area contributed by atoms with Gasteiger partial charge in [-0.3, -0.25) is 19.1 Å². The highest BCUT2D eigenvalue weighted by molar-refractivity contribution is 7.22. The Balaban J connectivity index is 1.23. The summed E-state index contributed by atoms with van der Waals surface area (Å²) in [5.41, 5.74) is 2.71. The Bertz CT molecular complexity index is 1350. The van der Waals surface area contributed by atoms with Crippen molar-refractivity contribution in [2.75, 3.05) is 20.2 Å². The Morgan fingerprint density at radius 3 is 2.74 bits per heavy atom. The largest absolute Gasteiger partial charge is 0.497 e. The van der Waals surface area contributed by atoms with E-state index in [4.69, 9.17) is 4.74 Å². The van der Waals surface area contributed by atoms with Crippen LogP contribution in [0, 0.1) is 0 Å². The fourth-order valence-electron chi connectivity index (χ4n) is 4.32. The van der Waals surface area contributed by atoms with Crippen molar-refractivity contribution in [3.05, 3.63) is 82.9 Å². The smallest absolute Gasteiger partial charge is 0.271 e. The van der Waals surface area contributed by atoms with Gasteiger partial charge in [-0.1, -0.05) is 30.3 Å². The Labute approximate surface area is 201 Å². The molecule has 0 aliphatic carbocycles. The van der Waals surface area contributed by atoms with Gasteiger partial charge >= 0.3 is 0 Å². The lowest BCUT2D eigenvalue weighted by molar-refractivity contribution is -0.122. The zero-order valence-corrected chi connectivity index (χ0v) is 19.8. The number of amides is 1. The van der Waals surface area contributed by atoms with Gasteiger partial charge < -0.3 is 10.1 Å². The van der Waals surface area contributed by atoms with Gasteiger partial charge in [0.25, 0.3) is 5.56 Å². The average Bonchev–Trinajstić information content (AvgIpc) is 3.49. The van der Waals surface area contributed by atoms with E-state index in [9.17, 15) is 9.59 Å². The van der Waals surface area contributed by atoms with Gasteiger partial charge in [-0.25, -0.2) is 4.98 Å². The van der Waals surface area contributed by atoms with E-state index in [1.165, 1.54) is 27.8 Å². The number of benzene rings is 2. The molecule has 1 N–H and O–H groups in total. The number of methoxy groups -OCH3 is 1. The van der Waals surface area contributed by atoms with Crippen LogP contribution >= 0.6 is 11.3 Å². The Morgan fingerprint density at radius 1 is 1.18 bits per heavy atom. The third kappa shape index (κ3) is 4.88. The van der Waals surface area contributed by atoms with E-state index >= 15 is 0 Å². The number of carbonyl (C=O) groups excluding carboxylic acids is 1. The van der Waals surface area contributed by atoms with E-state index < -0.39 is 0 Å². The highest BCUT2D eigenvalue weighted by Gasteiger charge is 2.24.